The molecule has 3 heterocycles. The topological polar surface area (TPSA) is 81.1 Å². The molecule has 0 radical (unpaired) electrons. The predicted molar refractivity (Wildman–Crippen MR) is 73.7 cm³/mol. The van der Waals surface area contributed by atoms with E-state index in [9.17, 15) is 4.79 Å². The molecule has 1 fully saturated rings. The maximum absolute atomic E-state index is 12.3. The van der Waals surface area contributed by atoms with Crippen molar-refractivity contribution in [2.24, 2.45) is 0 Å². The van der Waals surface area contributed by atoms with E-state index in [-0.39, 0.29) is 12.0 Å². The number of aryl methyl sites for hydroxylation is 1. The van der Waals surface area contributed by atoms with Crippen molar-refractivity contribution in [2.75, 3.05) is 13.1 Å². The van der Waals surface area contributed by atoms with Crippen molar-refractivity contribution < 1.29 is 9.53 Å². The molecule has 108 valence electrons. The largest absolute Gasteiger partial charge is 0.471 e. The van der Waals surface area contributed by atoms with E-state index in [1.165, 1.54) is 6.20 Å². The molecule has 1 aliphatic heterocycles. The van der Waals surface area contributed by atoms with E-state index >= 15 is 0 Å². The van der Waals surface area contributed by atoms with Gasteiger partial charge in [-0.25, -0.2) is 4.98 Å². The van der Waals surface area contributed by atoms with Gasteiger partial charge in [0.1, 0.15) is 11.8 Å². The Morgan fingerprint density at radius 3 is 3.00 bits per heavy atom. The summed E-state index contributed by atoms with van der Waals surface area (Å²) in [5.74, 6) is 0.361. The van der Waals surface area contributed by atoms with Gasteiger partial charge >= 0.3 is 0 Å². The zero-order valence-corrected chi connectivity index (χ0v) is 11.6. The molecule has 21 heavy (non-hydrogen) atoms. The zero-order chi connectivity index (χ0) is 14.7. The first-order valence-corrected chi connectivity index (χ1v) is 6.74. The summed E-state index contributed by atoms with van der Waals surface area (Å²) >= 11 is 0. The average molecular weight is 285 g/mol. The van der Waals surface area contributed by atoms with Crippen molar-refractivity contribution in [2.45, 2.75) is 19.4 Å². The summed E-state index contributed by atoms with van der Waals surface area (Å²) in [6.45, 7) is 2.99. The van der Waals surface area contributed by atoms with Crippen LogP contribution in [0, 0.1) is 6.92 Å². The standard InChI is InChI=1S/C14H15N5O2/c1-10-7-16-12(8-15-10)14(20)19-6-4-11(9-19)21-13-3-2-5-17-18-13/h2-3,5,7-8,11H,4,6,9H2,1H3. The molecule has 1 atom stereocenters. The maximum Gasteiger partial charge on any atom is 0.274 e. The molecule has 0 saturated carbocycles. The smallest absolute Gasteiger partial charge is 0.274 e. The monoisotopic (exact) mass is 285 g/mol. The van der Waals surface area contributed by atoms with Crippen LogP contribution in [0.5, 0.6) is 5.88 Å². The minimum atomic E-state index is -0.118. The summed E-state index contributed by atoms with van der Waals surface area (Å²) in [6, 6.07) is 3.52. The van der Waals surface area contributed by atoms with E-state index in [0.717, 1.165) is 12.1 Å². The number of likely N-dealkylation sites (tertiary alicyclic amines) is 1. The van der Waals surface area contributed by atoms with Crippen molar-refractivity contribution in [3.63, 3.8) is 0 Å². The van der Waals surface area contributed by atoms with Crippen LogP contribution < -0.4 is 4.74 Å². The highest BCUT2D eigenvalue weighted by atomic mass is 16.5. The molecule has 3 rings (SSSR count). The number of aromatic nitrogens is 4. The lowest BCUT2D eigenvalue weighted by Gasteiger charge is -2.16. The first kappa shape index (κ1) is 13.4. The minimum absolute atomic E-state index is 0.0657. The lowest BCUT2D eigenvalue weighted by atomic mass is 10.3. The molecule has 2 aromatic rings. The number of ether oxygens (including phenoxy) is 1. The number of amides is 1. The van der Waals surface area contributed by atoms with Crippen molar-refractivity contribution in [3.05, 3.63) is 42.1 Å². The molecule has 1 saturated heterocycles. The Kier molecular flexibility index (Phi) is 3.72. The molecule has 0 aromatic carbocycles. The molecular formula is C14H15N5O2. The molecule has 2 aromatic heterocycles. The molecule has 0 spiro atoms. The Hall–Kier alpha value is -2.57. The number of carbonyl (C=O) groups is 1. The van der Waals surface area contributed by atoms with Crippen LogP contribution in [-0.2, 0) is 0 Å². The van der Waals surface area contributed by atoms with Gasteiger partial charge < -0.3 is 9.64 Å². The van der Waals surface area contributed by atoms with Crippen LogP contribution in [0.2, 0.25) is 0 Å². The number of hydrogen-bond acceptors (Lipinski definition) is 6. The maximum atomic E-state index is 12.3. The van der Waals surface area contributed by atoms with E-state index in [1.54, 1.807) is 29.4 Å². The minimum Gasteiger partial charge on any atom is -0.471 e. The molecular weight excluding hydrogens is 270 g/mol. The van der Waals surface area contributed by atoms with E-state index in [2.05, 4.69) is 20.2 Å². The average Bonchev–Trinajstić information content (AvgIpc) is 2.97. The third-order valence-corrected chi connectivity index (χ3v) is 3.27. The zero-order valence-electron chi connectivity index (χ0n) is 11.6. The lowest BCUT2D eigenvalue weighted by molar-refractivity contribution is 0.0764. The molecule has 0 N–H and O–H groups in total. The molecule has 1 aliphatic rings. The Bertz CT molecular complexity index is 617. The number of nitrogens with zero attached hydrogens (tertiary/aromatic N) is 5. The second-order valence-corrected chi connectivity index (χ2v) is 4.88. The van der Waals surface area contributed by atoms with Crippen molar-refractivity contribution in [3.8, 4) is 5.88 Å². The van der Waals surface area contributed by atoms with Crippen LogP contribution in [-0.4, -0.2) is 50.2 Å². The third kappa shape index (κ3) is 3.13. The molecule has 7 heteroatoms. The van der Waals surface area contributed by atoms with Crippen LogP contribution in [0.25, 0.3) is 0 Å². The lowest BCUT2D eigenvalue weighted by Crippen LogP contribution is -2.31. The molecule has 1 unspecified atom stereocenters. The summed E-state index contributed by atoms with van der Waals surface area (Å²) in [6.07, 6.45) is 5.39. The van der Waals surface area contributed by atoms with E-state index in [0.29, 0.717) is 24.7 Å². The normalized spacial score (nSPS) is 17.8. The number of hydrogen-bond donors (Lipinski definition) is 0. The Labute approximate surface area is 122 Å². The van der Waals surface area contributed by atoms with E-state index in [4.69, 9.17) is 4.74 Å². The Morgan fingerprint density at radius 2 is 2.29 bits per heavy atom. The highest BCUT2D eigenvalue weighted by molar-refractivity contribution is 5.92. The fourth-order valence-corrected chi connectivity index (χ4v) is 2.19. The van der Waals surface area contributed by atoms with Crippen LogP contribution in [0.1, 0.15) is 22.6 Å². The number of carbonyl (C=O) groups excluding carboxylic acids is 1. The number of rotatable bonds is 3. The van der Waals surface area contributed by atoms with E-state index < -0.39 is 0 Å². The quantitative estimate of drug-likeness (QED) is 0.832. The predicted octanol–water partition coefficient (Wildman–Crippen LogP) is 0.869. The summed E-state index contributed by atoms with van der Waals surface area (Å²) in [5.41, 5.74) is 1.15. The van der Waals surface area contributed by atoms with E-state index in [1.807, 2.05) is 6.92 Å². The van der Waals surface area contributed by atoms with Crippen molar-refractivity contribution >= 4 is 5.91 Å². The Morgan fingerprint density at radius 1 is 1.38 bits per heavy atom. The fourth-order valence-electron chi connectivity index (χ4n) is 2.19. The summed E-state index contributed by atoms with van der Waals surface area (Å²) in [4.78, 5) is 22.2. The fraction of sp³-hybridized carbons (Fsp3) is 0.357. The van der Waals surface area contributed by atoms with Gasteiger partial charge in [-0.1, -0.05) is 0 Å². The van der Waals surface area contributed by atoms with Gasteiger partial charge in [0.15, 0.2) is 0 Å². The highest BCUT2D eigenvalue weighted by Crippen LogP contribution is 2.17. The first-order chi connectivity index (χ1) is 10.2. The first-order valence-electron chi connectivity index (χ1n) is 6.74. The highest BCUT2D eigenvalue weighted by Gasteiger charge is 2.29. The van der Waals surface area contributed by atoms with Gasteiger partial charge in [-0.3, -0.25) is 9.78 Å². The van der Waals surface area contributed by atoms with Gasteiger partial charge in [0.2, 0.25) is 5.88 Å². The van der Waals surface area contributed by atoms with Gasteiger partial charge in [-0.05, 0) is 13.0 Å². The second kappa shape index (κ2) is 5.82. The van der Waals surface area contributed by atoms with Crippen LogP contribution in [0.3, 0.4) is 0 Å². The third-order valence-electron chi connectivity index (χ3n) is 3.27. The van der Waals surface area contributed by atoms with Gasteiger partial charge in [0.05, 0.1) is 18.4 Å². The SMILES string of the molecule is Cc1cnc(C(=O)N2CCC(Oc3cccnn3)C2)cn1. The summed E-state index contributed by atoms with van der Waals surface area (Å²) < 4.78 is 5.71. The van der Waals surface area contributed by atoms with Crippen LogP contribution in [0.15, 0.2) is 30.7 Å². The summed E-state index contributed by atoms with van der Waals surface area (Å²) in [7, 11) is 0. The molecule has 0 aliphatic carbocycles. The van der Waals surface area contributed by atoms with Crippen LogP contribution in [0.4, 0.5) is 0 Å². The molecule has 0 bridgehead atoms. The van der Waals surface area contributed by atoms with Crippen molar-refractivity contribution in [1.29, 1.82) is 0 Å². The Balaban J connectivity index is 1.61. The van der Waals surface area contributed by atoms with Gasteiger partial charge in [0.25, 0.3) is 5.91 Å². The van der Waals surface area contributed by atoms with Gasteiger partial charge in [-0.2, -0.15) is 5.10 Å². The van der Waals surface area contributed by atoms with Gasteiger partial charge in [-0.15, -0.1) is 5.10 Å². The second-order valence-electron chi connectivity index (χ2n) is 4.88. The van der Waals surface area contributed by atoms with Crippen molar-refractivity contribution in [1.82, 2.24) is 25.1 Å². The van der Waals surface area contributed by atoms with Gasteiger partial charge in [0, 0.05) is 31.4 Å². The summed E-state index contributed by atoms with van der Waals surface area (Å²) in [5, 5.41) is 7.64. The molecule has 1 amide bonds. The molecule has 7 nitrogen and oxygen atoms in total. The van der Waals surface area contributed by atoms with Crippen LogP contribution >= 0.6 is 0 Å².